The Bertz CT molecular complexity index is 544. The van der Waals surface area contributed by atoms with Gasteiger partial charge in [-0.3, -0.25) is 0 Å². The van der Waals surface area contributed by atoms with Gasteiger partial charge in [-0.15, -0.1) is 0 Å². The van der Waals surface area contributed by atoms with Gasteiger partial charge in [-0.05, 0) is 19.1 Å². The van der Waals surface area contributed by atoms with E-state index in [0.717, 1.165) is 0 Å². The molecule has 2 rings (SSSR count). The first kappa shape index (κ1) is 10.4. The van der Waals surface area contributed by atoms with Crippen molar-refractivity contribution >= 4 is 17.1 Å². The van der Waals surface area contributed by atoms with Crippen LogP contribution in [0.5, 0.6) is 0 Å². The normalized spacial score (nSPS) is 12.3. The van der Waals surface area contributed by atoms with Gasteiger partial charge in [0.15, 0.2) is 5.58 Å². The Morgan fingerprint density at radius 3 is 3.19 bits per heavy atom. The number of nitrogens with one attached hydrogen (secondary N) is 1. The molecule has 82 valence electrons. The van der Waals surface area contributed by atoms with Crippen LogP contribution in [0, 0.1) is 17.1 Å². The van der Waals surface area contributed by atoms with Gasteiger partial charge < -0.3 is 9.73 Å². The highest BCUT2D eigenvalue weighted by atomic mass is 19.1. The molecule has 0 spiro atoms. The maximum atomic E-state index is 12.9. The summed E-state index contributed by atoms with van der Waals surface area (Å²) in [6, 6.07) is 6.44. The number of nitrogens with zero attached hydrogens (tertiary/aromatic N) is 2. The van der Waals surface area contributed by atoms with Crippen LogP contribution in [0.4, 0.5) is 10.4 Å². The van der Waals surface area contributed by atoms with E-state index in [1.165, 1.54) is 18.2 Å². The van der Waals surface area contributed by atoms with E-state index in [4.69, 9.17) is 9.68 Å². The standard InChI is InChI=1S/C11H10FN3O/c1-7(4-5-13)14-11-15-9-6-8(12)2-3-10(9)16-11/h2-3,6-7H,4H2,1H3,(H,14,15). The highest BCUT2D eigenvalue weighted by molar-refractivity contribution is 5.74. The lowest BCUT2D eigenvalue weighted by atomic mass is 10.3. The lowest BCUT2D eigenvalue weighted by Crippen LogP contribution is -2.13. The number of halogens is 1. The average molecular weight is 219 g/mol. The number of oxazole rings is 1. The summed E-state index contributed by atoms with van der Waals surface area (Å²) in [6.45, 7) is 1.85. The highest BCUT2D eigenvalue weighted by Crippen LogP contribution is 2.20. The fraction of sp³-hybridized carbons (Fsp3) is 0.273. The predicted octanol–water partition coefficient (Wildman–Crippen LogP) is 2.68. The third kappa shape index (κ3) is 2.11. The Hall–Kier alpha value is -2.09. The van der Waals surface area contributed by atoms with Crippen LogP contribution < -0.4 is 5.32 Å². The van der Waals surface area contributed by atoms with Crippen LogP contribution in [-0.4, -0.2) is 11.0 Å². The zero-order valence-corrected chi connectivity index (χ0v) is 8.70. The molecule has 0 bridgehead atoms. The van der Waals surface area contributed by atoms with Crippen molar-refractivity contribution in [3.05, 3.63) is 24.0 Å². The Labute approximate surface area is 91.7 Å². The smallest absolute Gasteiger partial charge is 0.295 e. The molecule has 0 saturated heterocycles. The topological polar surface area (TPSA) is 61.9 Å². The van der Waals surface area contributed by atoms with Crippen molar-refractivity contribution in [2.45, 2.75) is 19.4 Å². The summed E-state index contributed by atoms with van der Waals surface area (Å²) in [6.07, 6.45) is 0.354. The van der Waals surface area contributed by atoms with Crippen molar-refractivity contribution in [3.8, 4) is 6.07 Å². The van der Waals surface area contributed by atoms with Gasteiger partial charge in [-0.2, -0.15) is 10.2 Å². The first-order chi connectivity index (χ1) is 7.69. The van der Waals surface area contributed by atoms with Crippen molar-refractivity contribution < 1.29 is 8.81 Å². The number of rotatable bonds is 3. The van der Waals surface area contributed by atoms with Gasteiger partial charge in [0.1, 0.15) is 11.3 Å². The number of anilines is 1. The van der Waals surface area contributed by atoms with Crippen molar-refractivity contribution in [1.29, 1.82) is 5.26 Å². The van der Waals surface area contributed by atoms with Crippen LogP contribution in [0.1, 0.15) is 13.3 Å². The summed E-state index contributed by atoms with van der Waals surface area (Å²) >= 11 is 0. The summed E-state index contributed by atoms with van der Waals surface area (Å²) in [5, 5.41) is 11.4. The Balaban J connectivity index is 2.23. The van der Waals surface area contributed by atoms with Crippen LogP contribution in [0.2, 0.25) is 0 Å². The van der Waals surface area contributed by atoms with Crippen LogP contribution in [0.15, 0.2) is 22.6 Å². The van der Waals surface area contributed by atoms with Gasteiger partial charge in [0.25, 0.3) is 6.01 Å². The largest absolute Gasteiger partial charge is 0.424 e. The summed E-state index contributed by atoms with van der Waals surface area (Å²) in [5.74, 6) is -0.350. The molecule has 0 aliphatic rings. The van der Waals surface area contributed by atoms with Crippen LogP contribution in [0.3, 0.4) is 0 Å². The summed E-state index contributed by atoms with van der Waals surface area (Å²) in [4.78, 5) is 4.07. The second-order valence-corrected chi connectivity index (χ2v) is 3.54. The molecule has 1 aromatic carbocycles. The molecule has 0 aliphatic carbocycles. The molecule has 0 aliphatic heterocycles. The number of fused-ring (bicyclic) bond motifs is 1. The molecule has 5 heteroatoms. The maximum absolute atomic E-state index is 12.9. The van der Waals surface area contributed by atoms with Gasteiger partial charge in [0, 0.05) is 12.1 Å². The minimum absolute atomic E-state index is 0.0529. The van der Waals surface area contributed by atoms with E-state index < -0.39 is 0 Å². The second kappa shape index (κ2) is 4.19. The Kier molecular flexibility index (Phi) is 2.73. The molecule has 4 nitrogen and oxygen atoms in total. The van der Waals surface area contributed by atoms with Crippen molar-refractivity contribution in [3.63, 3.8) is 0 Å². The van der Waals surface area contributed by atoms with E-state index >= 15 is 0 Å². The monoisotopic (exact) mass is 219 g/mol. The molecule has 1 atom stereocenters. The van der Waals surface area contributed by atoms with Gasteiger partial charge >= 0.3 is 0 Å². The fourth-order valence-electron chi connectivity index (χ4n) is 1.36. The molecule has 0 fully saturated rings. The van der Waals surface area contributed by atoms with Gasteiger partial charge in [-0.25, -0.2) is 4.39 Å². The van der Waals surface area contributed by atoms with Crippen molar-refractivity contribution in [1.82, 2.24) is 4.98 Å². The molecule has 16 heavy (non-hydrogen) atoms. The second-order valence-electron chi connectivity index (χ2n) is 3.54. The van der Waals surface area contributed by atoms with Gasteiger partial charge in [0.2, 0.25) is 0 Å². The number of hydrogen-bond acceptors (Lipinski definition) is 4. The van der Waals surface area contributed by atoms with Crippen molar-refractivity contribution in [2.24, 2.45) is 0 Å². The zero-order valence-electron chi connectivity index (χ0n) is 8.70. The molecule has 0 amide bonds. The molecule has 1 aromatic heterocycles. The minimum Gasteiger partial charge on any atom is -0.424 e. The van der Waals surface area contributed by atoms with Gasteiger partial charge in [-0.1, -0.05) is 0 Å². The molecular formula is C11H10FN3O. The SMILES string of the molecule is CC(CC#N)Nc1nc2cc(F)ccc2o1. The summed E-state index contributed by atoms with van der Waals surface area (Å²) < 4.78 is 18.2. The quantitative estimate of drug-likeness (QED) is 0.862. The molecule has 1 N–H and O–H groups in total. The minimum atomic E-state index is -0.350. The highest BCUT2D eigenvalue weighted by Gasteiger charge is 2.08. The number of benzene rings is 1. The molecule has 0 radical (unpaired) electrons. The number of nitriles is 1. The third-order valence-electron chi connectivity index (χ3n) is 2.12. The molecular weight excluding hydrogens is 209 g/mol. The average Bonchev–Trinajstić information content (AvgIpc) is 2.59. The first-order valence-corrected chi connectivity index (χ1v) is 4.88. The molecule has 0 saturated carbocycles. The lowest BCUT2D eigenvalue weighted by Gasteiger charge is -2.05. The first-order valence-electron chi connectivity index (χ1n) is 4.88. The van der Waals surface area contributed by atoms with E-state index in [2.05, 4.69) is 10.3 Å². The van der Waals surface area contributed by atoms with E-state index in [9.17, 15) is 4.39 Å². The maximum Gasteiger partial charge on any atom is 0.295 e. The van der Waals surface area contributed by atoms with E-state index in [-0.39, 0.29) is 11.9 Å². The number of hydrogen-bond donors (Lipinski definition) is 1. The van der Waals surface area contributed by atoms with Crippen molar-refractivity contribution in [2.75, 3.05) is 5.32 Å². The van der Waals surface area contributed by atoms with E-state index in [0.29, 0.717) is 23.5 Å². The van der Waals surface area contributed by atoms with Gasteiger partial charge in [0.05, 0.1) is 12.5 Å². The molecule has 2 aromatic rings. The van der Waals surface area contributed by atoms with Crippen LogP contribution in [-0.2, 0) is 0 Å². The Morgan fingerprint density at radius 1 is 1.62 bits per heavy atom. The lowest BCUT2D eigenvalue weighted by molar-refractivity contribution is 0.599. The Morgan fingerprint density at radius 2 is 2.44 bits per heavy atom. The van der Waals surface area contributed by atoms with E-state index in [1.54, 1.807) is 0 Å². The van der Waals surface area contributed by atoms with Crippen LogP contribution in [0.25, 0.3) is 11.1 Å². The number of aromatic nitrogens is 1. The molecule has 1 heterocycles. The third-order valence-corrected chi connectivity index (χ3v) is 2.12. The van der Waals surface area contributed by atoms with E-state index in [1.807, 2.05) is 13.0 Å². The zero-order chi connectivity index (χ0) is 11.5. The summed E-state index contributed by atoms with van der Waals surface area (Å²) in [7, 11) is 0. The predicted molar refractivity (Wildman–Crippen MR) is 57.3 cm³/mol. The van der Waals surface area contributed by atoms with Crippen LogP contribution >= 0.6 is 0 Å². The summed E-state index contributed by atoms with van der Waals surface area (Å²) in [5.41, 5.74) is 0.986. The fourth-order valence-corrected chi connectivity index (χ4v) is 1.36. The molecule has 1 unspecified atom stereocenters.